The lowest BCUT2D eigenvalue weighted by Crippen LogP contribution is -2.45. The van der Waals surface area contributed by atoms with Crippen LogP contribution in [-0.2, 0) is 5.54 Å². The van der Waals surface area contributed by atoms with Crippen LogP contribution in [0, 0.1) is 5.82 Å². The Bertz CT molecular complexity index is 791. The van der Waals surface area contributed by atoms with Crippen LogP contribution >= 0.6 is 12.2 Å². The summed E-state index contributed by atoms with van der Waals surface area (Å²) in [4.78, 5) is 0. The fraction of sp³-hybridized carbons (Fsp3) is 0.350. The van der Waals surface area contributed by atoms with Gasteiger partial charge in [0.15, 0.2) is 16.6 Å². The second-order valence-corrected chi connectivity index (χ2v) is 6.86. The van der Waals surface area contributed by atoms with E-state index in [2.05, 4.69) is 10.6 Å². The monoisotopic (exact) mass is 374 g/mol. The van der Waals surface area contributed by atoms with Crippen LogP contribution in [0.15, 0.2) is 42.5 Å². The van der Waals surface area contributed by atoms with E-state index in [1.54, 1.807) is 26.4 Å². The molecule has 0 amide bonds. The zero-order chi connectivity index (χ0) is 18.6. The minimum absolute atomic E-state index is 0.267. The van der Waals surface area contributed by atoms with Crippen molar-refractivity contribution in [1.82, 2.24) is 5.32 Å². The molecule has 2 aromatic rings. The molecule has 0 heterocycles. The van der Waals surface area contributed by atoms with Crippen LogP contribution in [0.1, 0.15) is 31.2 Å². The molecule has 0 spiro atoms. The largest absolute Gasteiger partial charge is 0.493 e. The first kappa shape index (κ1) is 18.5. The van der Waals surface area contributed by atoms with E-state index in [0.29, 0.717) is 22.3 Å². The highest BCUT2D eigenvalue weighted by Gasteiger charge is 2.36. The van der Waals surface area contributed by atoms with Gasteiger partial charge in [-0.3, -0.25) is 0 Å². The van der Waals surface area contributed by atoms with Gasteiger partial charge >= 0.3 is 0 Å². The topological polar surface area (TPSA) is 42.5 Å². The Morgan fingerprint density at radius 2 is 1.77 bits per heavy atom. The SMILES string of the molecule is COc1ccc(C2(NC(=S)Nc3cccc(F)c3)CCCC2)cc1OC. The van der Waals surface area contributed by atoms with E-state index in [0.717, 1.165) is 31.2 Å². The third-order valence-corrected chi connectivity index (χ3v) is 5.03. The van der Waals surface area contributed by atoms with Crippen molar-refractivity contribution in [2.75, 3.05) is 19.5 Å². The molecule has 2 N–H and O–H groups in total. The Hall–Kier alpha value is -2.34. The lowest BCUT2D eigenvalue weighted by Gasteiger charge is -2.33. The molecule has 4 nitrogen and oxygen atoms in total. The summed E-state index contributed by atoms with van der Waals surface area (Å²) >= 11 is 5.50. The quantitative estimate of drug-likeness (QED) is 0.749. The van der Waals surface area contributed by atoms with Crippen molar-refractivity contribution < 1.29 is 13.9 Å². The summed E-state index contributed by atoms with van der Waals surface area (Å²) in [5.41, 5.74) is 1.47. The molecule has 138 valence electrons. The summed E-state index contributed by atoms with van der Waals surface area (Å²) in [6, 6.07) is 12.2. The van der Waals surface area contributed by atoms with E-state index in [9.17, 15) is 4.39 Å². The number of methoxy groups -OCH3 is 2. The van der Waals surface area contributed by atoms with Crippen molar-refractivity contribution in [3.05, 3.63) is 53.8 Å². The number of rotatable bonds is 5. The Balaban J connectivity index is 1.83. The minimum Gasteiger partial charge on any atom is -0.493 e. The molecule has 26 heavy (non-hydrogen) atoms. The zero-order valence-electron chi connectivity index (χ0n) is 15.0. The second kappa shape index (κ2) is 7.91. The average molecular weight is 374 g/mol. The van der Waals surface area contributed by atoms with E-state index in [1.165, 1.54) is 12.1 Å². The molecule has 1 aliphatic rings. The van der Waals surface area contributed by atoms with Crippen LogP contribution in [0.25, 0.3) is 0 Å². The Kier molecular flexibility index (Phi) is 5.61. The smallest absolute Gasteiger partial charge is 0.171 e. The molecule has 1 aliphatic carbocycles. The van der Waals surface area contributed by atoms with Gasteiger partial charge in [0.2, 0.25) is 0 Å². The van der Waals surface area contributed by atoms with Gasteiger partial charge in [0, 0.05) is 5.69 Å². The van der Waals surface area contributed by atoms with Gasteiger partial charge in [-0.25, -0.2) is 4.39 Å². The maximum absolute atomic E-state index is 13.4. The van der Waals surface area contributed by atoms with E-state index >= 15 is 0 Å². The molecule has 2 aromatic carbocycles. The third-order valence-electron chi connectivity index (χ3n) is 4.83. The van der Waals surface area contributed by atoms with E-state index in [1.807, 2.05) is 18.2 Å². The molecule has 0 bridgehead atoms. The predicted octanol–water partition coefficient (Wildman–Crippen LogP) is 4.60. The predicted molar refractivity (Wildman–Crippen MR) is 105 cm³/mol. The van der Waals surface area contributed by atoms with Gasteiger partial charge in [-0.15, -0.1) is 0 Å². The van der Waals surface area contributed by atoms with Crippen molar-refractivity contribution in [2.45, 2.75) is 31.2 Å². The highest BCUT2D eigenvalue weighted by atomic mass is 32.1. The van der Waals surface area contributed by atoms with E-state index in [-0.39, 0.29) is 11.4 Å². The molecule has 0 saturated heterocycles. The van der Waals surface area contributed by atoms with Gasteiger partial charge in [0.25, 0.3) is 0 Å². The first-order valence-electron chi connectivity index (χ1n) is 8.63. The molecule has 0 unspecified atom stereocenters. The zero-order valence-corrected chi connectivity index (χ0v) is 15.8. The lowest BCUT2D eigenvalue weighted by molar-refractivity contribution is 0.350. The Morgan fingerprint density at radius 3 is 2.42 bits per heavy atom. The lowest BCUT2D eigenvalue weighted by atomic mass is 9.88. The number of benzene rings is 2. The Morgan fingerprint density at radius 1 is 1.04 bits per heavy atom. The third kappa shape index (κ3) is 3.90. The molecular formula is C20H23FN2O2S. The number of hydrogen-bond donors (Lipinski definition) is 2. The van der Waals surface area contributed by atoms with E-state index < -0.39 is 0 Å². The number of nitrogens with one attached hydrogen (secondary N) is 2. The summed E-state index contributed by atoms with van der Waals surface area (Å²) in [5.74, 6) is 1.10. The fourth-order valence-electron chi connectivity index (χ4n) is 3.54. The van der Waals surface area contributed by atoms with Gasteiger partial charge in [0.1, 0.15) is 5.82 Å². The second-order valence-electron chi connectivity index (χ2n) is 6.45. The molecular weight excluding hydrogens is 351 g/mol. The molecule has 1 saturated carbocycles. The maximum Gasteiger partial charge on any atom is 0.171 e. The van der Waals surface area contributed by atoms with Crippen molar-refractivity contribution in [3.63, 3.8) is 0 Å². The average Bonchev–Trinajstić information content (AvgIpc) is 3.10. The number of halogens is 1. The van der Waals surface area contributed by atoms with Crippen LogP contribution in [0.3, 0.4) is 0 Å². The Labute approximate surface area is 158 Å². The number of thiocarbonyl (C=S) groups is 1. The molecule has 6 heteroatoms. The first-order chi connectivity index (χ1) is 12.6. The number of hydrogen-bond acceptors (Lipinski definition) is 3. The molecule has 0 aliphatic heterocycles. The maximum atomic E-state index is 13.4. The molecule has 1 fully saturated rings. The normalized spacial score (nSPS) is 15.3. The highest BCUT2D eigenvalue weighted by Crippen LogP contribution is 2.41. The summed E-state index contributed by atoms with van der Waals surface area (Å²) in [6.45, 7) is 0. The van der Waals surface area contributed by atoms with Crippen molar-refractivity contribution >= 4 is 23.0 Å². The summed E-state index contributed by atoms with van der Waals surface area (Å²) in [5, 5.41) is 7.03. The molecule has 0 radical (unpaired) electrons. The van der Waals surface area contributed by atoms with Crippen molar-refractivity contribution in [2.24, 2.45) is 0 Å². The van der Waals surface area contributed by atoms with Gasteiger partial charge < -0.3 is 20.1 Å². The highest BCUT2D eigenvalue weighted by molar-refractivity contribution is 7.80. The standard InChI is InChI=1S/C20H23FN2O2S/c1-24-17-9-8-14(12-18(17)25-2)20(10-3-4-11-20)23-19(26)22-16-7-5-6-15(21)13-16/h5-9,12-13H,3-4,10-11H2,1-2H3,(H2,22,23,26). The van der Waals surface area contributed by atoms with Gasteiger partial charge in [-0.05, 0) is 61.0 Å². The molecule has 0 atom stereocenters. The van der Waals surface area contributed by atoms with Gasteiger partial charge in [0.05, 0.1) is 19.8 Å². The summed E-state index contributed by atoms with van der Waals surface area (Å²) < 4.78 is 24.2. The van der Waals surface area contributed by atoms with Gasteiger partial charge in [-0.1, -0.05) is 25.0 Å². The van der Waals surface area contributed by atoms with Crippen molar-refractivity contribution in [1.29, 1.82) is 0 Å². The van der Waals surface area contributed by atoms with Gasteiger partial charge in [-0.2, -0.15) is 0 Å². The summed E-state index contributed by atoms with van der Waals surface area (Å²) in [7, 11) is 3.26. The first-order valence-corrected chi connectivity index (χ1v) is 9.04. The van der Waals surface area contributed by atoms with Crippen LogP contribution in [0.2, 0.25) is 0 Å². The van der Waals surface area contributed by atoms with Crippen LogP contribution in [-0.4, -0.2) is 19.3 Å². The number of anilines is 1. The van der Waals surface area contributed by atoms with Crippen LogP contribution in [0.5, 0.6) is 11.5 Å². The van der Waals surface area contributed by atoms with Crippen molar-refractivity contribution in [3.8, 4) is 11.5 Å². The summed E-state index contributed by atoms with van der Waals surface area (Å²) in [6.07, 6.45) is 4.16. The van der Waals surface area contributed by atoms with E-state index in [4.69, 9.17) is 21.7 Å². The fourth-order valence-corrected chi connectivity index (χ4v) is 3.86. The molecule has 0 aromatic heterocycles. The number of ether oxygens (including phenoxy) is 2. The molecule has 3 rings (SSSR count). The van der Waals surface area contributed by atoms with Crippen LogP contribution in [0.4, 0.5) is 10.1 Å². The van der Waals surface area contributed by atoms with Crippen LogP contribution < -0.4 is 20.1 Å². The minimum atomic E-state index is -0.298.